The van der Waals surface area contributed by atoms with E-state index in [1.807, 2.05) is 54.6 Å². The maximum Gasteiger partial charge on any atom is 0.224 e. The minimum absolute atomic E-state index is 0.00796. The number of aliphatic hydroxyl groups is 1. The highest BCUT2D eigenvalue weighted by molar-refractivity contribution is 5.93. The molecular formula is C50H54N4O5. The number of amides is 2. The number of nitrogen functional groups attached to an aromatic ring is 1. The molecule has 1 fully saturated rings. The lowest BCUT2D eigenvalue weighted by Gasteiger charge is -2.39. The highest BCUT2D eigenvalue weighted by Gasteiger charge is 2.33. The zero-order valence-electron chi connectivity index (χ0n) is 33.9. The normalized spacial score (nSPS) is 17.1. The van der Waals surface area contributed by atoms with Crippen LogP contribution in [0.5, 0.6) is 0 Å². The second-order valence-electron chi connectivity index (χ2n) is 15.5. The topological polar surface area (TPSA) is 126 Å². The molecule has 0 radical (unpaired) electrons. The molecule has 6 aromatic rings. The Hall–Kier alpha value is -5.84. The van der Waals surface area contributed by atoms with Gasteiger partial charge in [-0.05, 0) is 101 Å². The first-order valence-electron chi connectivity index (χ1n) is 20.5. The summed E-state index contributed by atoms with van der Waals surface area (Å²) in [6, 6.07) is 46.9. The largest absolute Gasteiger partial charge is 0.397 e. The Kier molecular flexibility index (Phi) is 13.8. The number of nitrogens with zero attached hydrogens (tertiary/aromatic N) is 1. The molecule has 1 heterocycles. The van der Waals surface area contributed by atoms with Crippen molar-refractivity contribution in [1.82, 2.24) is 10.2 Å². The molecule has 4 atom stereocenters. The van der Waals surface area contributed by atoms with E-state index in [-0.39, 0.29) is 36.7 Å². The van der Waals surface area contributed by atoms with Gasteiger partial charge in [-0.1, -0.05) is 109 Å². The van der Waals surface area contributed by atoms with Crippen LogP contribution in [0.1, 0.15) is 85.3 Å². The molecule has 9 nitrogen and oxygen atoms in total. The number of carbonyl (C=O) groups is 2. The van der Waals surface area contributed by atoms with Crippen molar-refractivity contribution in [1.29, 1.82) is 0 Å². The second-order valence-corrected chi connectivity index (χ2v) is 15.5. The fourth-order valence-corrected chi connectivity index (χ4v) is 7.64. The average Bonchev–Trinajstić information content (AvgIpc) is 3.27. The zero-order chi connectivity index (χ0) is 41.1. The fourth-order valence-electron chi connectivity index (χ4n) is 7.64. The zero-order valence-corrected chi connectivity index (χ0v) is 33.9. The average molecular weight is 791 g/mol. The maximum atomic E-state index is 12.7. The van der Waals surface area contributed by atoms with Crippen LogP contribution < -0.4 is 16.4 Å². The Bertz CT molecular complexity index is 2350. The van der Waals surface area contributed by atoms with Gasteiger partial charge in [-0.15, -0.1) is 0 Å². The van der Waals surface area contributed by atoms with E-state index in [9.17, 15) is 14.7 Å². The SMILES string of the molecule is C[C@H](c1ccc2ccccc2c1)N(C)C[C@H]1C[C@@H](c2ccc(CO)cc2)O[C@@H](c2cccc(-c3cccc(CNC(=O)CCCCC(=O)Nc4ccccc4N)c3)c2)O1. The summed E-state index contributed by atoms with van der Waals surface area (Å²) in [7, 11) is 2.15. The molecule has 304 valence electrons. The number of unbranched alkanes of at least 4 members (excludes halogenated alkanes) is 1. The second kappa shape index (κ2) is 19.7. The predicted molar refractivity (Wildman–Crippen MR) is 235 cm³/mol. The van der Waals surface area contributed by atoms with Gasteiger partial charge in [0.1, 0.15) is 0 Å². The number of nitrogens with one attached hydrogen (secondary N) is 2. The van der Waals surface area contributed by atoms with Crippen LogP contribution in [-0.2, 0) is 32.2 Å². The number of ether oxygens (including phenoxy) is 2. The first-order chi connectivity index (χ1) is 28.7. The Labute approximate surface area is 347 Å². The summed E-state index contributed by atoms with van der Waals surface area (Å²) in [6.07, 6.45) is 1.67. The number of likely N-dealkylation sites (N-methyl/N-ethyl adjacent to an activating group) is 1. The number of para-hydroxylation sites is 2. The predicted octanol–water partition coefficient (Wildman–Crippen LogP) is 9.64. The van der Waals surface area contributed by atoms with Crippen molar-refractivity contribution >= 4 is 34.0 Å². The Morgan fingerprint density at radius 3 is 2.24 bits per heavy atom. The molecule has 5 N–H and O–H groups in total. The van der Waals surface area contributed by atoms with Crippen LogP contribution in [0, 0.1) is 0 Å². The van der Waals surface area contributed by atoms with Crippen molar-refractivity contribution < 1.29 is 24.2 Å². The Balaban J connectivity index is 0.982. The van der Waals surface area contributed by atoms with Gasteiger partial charge in [0.25, 0.3) is 0 Å². The van der Waals surface area contributed by atoms with Crippen molar-refractivity contribution in [3.05, 3.63) is 167 Å². The van der Waals surface area contributed by atoms with Crippen LogP contribution in [0.2, 0.25) is 0 Å². The van der Waals surface area contributed by atoms with Gasteiger partial charge < -0.3 is 30.9 Å². The lowest BCUT2D eigenvalue weighted by atomic mass is 9.97. The fraction of sp³-hybridized carbons (Fsp3) is 0.280. The molecule has 1 saturated heterocycles. The lowest BCUT2D eigenvalue weighted by molar-refractivity contribution is -0.253. The van der Waals surface area contributed by atoms with E-state index in [0.29, 0.717) is 56.6 Å². The minimum atomic E-state index is -0.592. The van der Waals surface area contributed by atoms with Gasteiger partial charge in [-0.3, -0.25) is 14.5 Å². The Morgan fingerprint density at radius 2 is 1.46 bits per heavy atom. The number of carbonyl (C=O) groups excluding carboxylic acids is 2. The van der Waals surface area contributed by atoms with Gasteiger partial charge in [0.05, 0.1) is 30.2 Å². The van der Waals surface area contributed by atoms with Crippen LogP contribution in [-0.4, -0.2) is 41.5 Å². The van der Waals surface area contributed by atoms with Crippen LogP contribution in [0.4, 0.5) is 11.4 Å². The highest BCUT2D eigenvalue weighted by Crippen LogP contribution is 2.40. The van der Waals surface area contributed by atoms with Crippen molar-refractivity contribution in [2.45, 2.75) is 76.7 Å². The van der Waals surface area contributed by atoms with E-state index in [4.69, 9.17) is 15.2 Å². The lowest BCUT2D eigenvalue weighted by Crippen LogP contribution is -2.38. The van der Waals surface area contributed by atoms with Gasteiger partial charge in [-0.2, -0.15) is 0 Å². The quantitative estimate of drug-likeness (QED) is 0.0568. The van der Waals surface area contributed by atoms with Gasteiger partial charge in [-0.25, -0.2) is 0 Å². The van der Waals surface area contributed by atoms with E-state index in [1.165, 1.54) is 16.3 Å². The number of rotatable bonds is 16. The number of anilines is 2. The van der Waals surface area contributed by atoms with E-state index in [1.54, 1.807) is 12.1 Å². The number of fused-ring (bicyclic) bond motifs is 1. The molecule has 0 aliphatic carbocycles. The van der Waals surface area contributed by atoms with E-state index in [0.717, 1.165) is 33.4 Å². The van der Waals surface area contributed by atoms with Crippen LogP contribution in [0.25, 0.3) is 21.9 Å². The number of hydrogen-bond acceptors (Lipinski definition) is 7. The molecule has 0 saturated carbocycles. The van der Waals surface area contributed by atoms with Crippen LogP contribution in [0.3, 0.4) is 0 Å². The molecule has 0 aromatic heterocycles. The smallest absolute Gasteiger partial charge is 0.224 e. The van der Waals surface area contributed by atoms with E-state index < -0.39 is 6.29 Å². The molecule has 0 bridgehead atoms. The van der Waals surface area contributed by atoms with Crippen molar-refractivity contribution in [3.63, 3.8) is 0 Å². The molecule has 2 amide bonds. The number of nitrogens with two attached hydrogens (primary N) is 1. The summed E-state index contributed by atoms with van der Waals surface area (Å²) in [5, 5.41) is 18.0. The van der Waals surface area contributed by atoms with Crippen molar-refractivity contribution in [3.8, 4) is 11.1 Å². The summed E-state index contributed by atoms with van der Waals surface area (Å²) < 4.78 is 13.5. The summed E-state index contributed by atoms with van der Waals surface area (Å²) in [6.45, 7) is 3.35. The van der Waals surface area contributed by atoms with Crippen molar-refractivity contribution in [2.75, 3.05) is 24.6 Å². The first-order valence-corrected chi connectivity index (χ1v) is 20.5. The third-order valence-corrected chi connectivity index (χ3v) is 11.2. The van der Waals surface area contributed by atoms with Gasteiger partial charge in [0.15, 0.2) is 6.29 Å². The third kappa shape index (κ3) is 11.0. The first kappa shape index (κ1) is 41.3. The summed E-state index contributed by atoms with van der Waals surface area (Å²) >= 11 is 0. The maximum absolute atomic E-state index is 12.7. The van der Waals surface area contributed by atoms with Crippen molar-refractivity contribution in [2.24, 2.45) is 0 Å². The standard InChI is InChI=1S/C50H54N4O5/c1-34(39-26-25-37-12-3-4-13-41(37)28-39)54(2)32-44-30-47(38-23-21-35(33-55)22-24-38)59-50(58-44)43-16-10-15-42(29-43)40-14-9-11-36(27-40)31-52-48(56)19-7-8-20-49(57)53-46-18-6-5-17-45(46)51/h3-6,9-18,21-29,34,44,47,50,55H,7-8,19-20,30-33,51H2,1-2H3,(H,52,56)(H,53,57)/t34-,44-,47+,50+/m1/s1. The minimum Gasteiger partial charge on any atom is -0.397 e. The highest BCUT2D eigenvalue weighted by atomic mass is 16.7. The number of benzene rings is 6. The molecule has 0 spiro atoms. The number of hydrogen-bond donors (Lipinski definition) is 4. The molecule has 1 aliphatic heterocycles. The van der Waals surface area contributed by atoms with Gasteiger partial charge in [0, 0.05) is 44.0 Å². The van der Waals surface area contributed by atoms with Gasteiger partial charge in [0.2, 0.25) is 11.8 Å². The van der Waals surface area contributed by atoms with Crippen LogP contribution >= 0.6 is 0 Å². The summed E-state index contributed by atoms with van der Waals surface area (Å²) in [5.41, 5.74) is 14.2. The Morgan fingerprint density at radius 1 is 0.746 bits per heavy atom. The molecule has 59 heavy (non-hydrogen) atoms. The summed E-state index contributed by atoms with van der Waals surface area (Å²) in [5.74, 6) is -0.168. The van der Waals surface area contributed by atoms with E-state index in [2.05, 4.69) is 102 Å². The molecule has 1 aliphatic rings. The summed E-state index contributed by atoms with van der Waals surface area (Å²) in [4.78, 5) is 27.4. The molecule has 9 heteroatoms. The van der Waals surface area contributed by atoms with Crippen LogP contribution in [0.15, 0.2) is 140 Å². The number of aliphatic hydroxyl groups excluding tert-OH is 1. The third-order valence-electron chi connectivity index (χ3n) is 11.2. The molecule has 0 unspecified atom stereocenters. The van der Waals surface area contributed by atoms with Gasteiger partial charge >= 0.3 is 0 Å². The molecule has 6 aromatic carbocycles. The molecule has 7 rings (SSSR count). The van der Waals surface area contributed by atoms with E-state index >= 15 is 0 Å². The molecular weight excluding hydrogens is 737 g/mol. The monoisotopic (exact) mass is 790 g/mol.